The minimum Gasteiger partial charge on any atom is -0.396 e. The molecule has 18 heavy (non-hydrogen) atoms. The van der Waals surface area contributed by atoms with Crippen LogP contribution in [0.25, 0.3) is 0 Å². The van der Waals surface area contributed by atoms with Crippen LogP contribution in [-0.2, 0) is 4.74 Å². The topological polar surface area (TPSA) is 54.6 Å². The Labute approximate surface area is 109 Å². The number of nitrogens with two attached hydrogens (primary N) is 1. The number of rotatable bonds is 4. The number of nitrogen functional groups attached to an aromatic ring is 1. The van der Waals surface area contributed by atoms with Gasteiger partial charge in [-0.3, -0.25) is 9.88 Å². The largest absolute Gasteiger partial charge is 0.396 e. The number of anilines is 2. The molecule has 1 aromatic heterocycles. The Hall–Kier alpha value is -1.33. The molecule has 0 amide bonds. The van der Waals surface area contributed by atoms with Crippen molar-refractivity contribution >= 4 is 11.4 Å². The van der Waals surface area contributed by atoms with Gasteiger partial charge < -0.3 is 15.4 Å². The Morgan fingerprint density at radius 3 is 3.17 bits per heavy atom. The average Bonchev–Trinajstić information content (AvgIpc) is 2.39. The first-order chi connectivity index (χ1) is 8.70. The standard InChI is InChI=1S/C13H22N4O/c1-3-17-6-7-18-11(10-17)9-16(2)13-4-5-15-8-12(13)14/h4-5,8,11H,3,6-7,9-10,14H2,1-2H3. The van der Waals surface area contributed by atoms with E-state index in [1.807, 2.05) is 13.1 Å². The fourth-order valence-corrected chi connectivity index (χ4v) is 2.33. The second-order valence-corrected chi connectivity index (χ2v) is 4.70. The normalized spacial score (nSPS) is 20.9. The van der Waals surface area contributed by atoms with E-state index < -0.39 is 0 Å². The fraction of sp³-hybridized carbons (Fsp3) is 0.615. The van der Waals surface area contributed by atoms with Crippen LogP contribution in [0, 0.1) is 0 Å². The monoisotopic (exact) mass is 250 g/mol. The van der Waals surface area contributed by atoms with E-state index >= 15 is 0 Å². The van der Waals surface area contributed by atoms with Crippen molar-refractivity contribution in [3.8, 4) is 0 Å². The van der Waals surface area contributed by atoms with Gasteiger partial charge in [0.2, 0.25) is 0 Å². The highest BCUT2D eigenvalue weighted by atomic mass is 16.5. The summed E-state index contributed by atoms with van der Waals surface area (Å²) in [6, 6.07) is 1.94. The molecule has 1 fully saturated rings. The summed E-state index contributed by atoms with van der Waals surface area (Å²) in [5.41, 5.74) is 7.65. The van der Waals surface area contributed by atoms with E-state index in [4.69, 9.17) is 10.5 Å². The van der Waals surface area contributed by atoms with Crippen molar-refractivity contribution in [2.24, 2.45) is 0 Å². The minimum atomic E-state index is 0.247. The summed E-state index contributed by atoms with van der Waals surface area (Å²) in [7, 11) is 2.04. The molecule has 2 N–H and O–H groups in total. The van der Waals surface area contributed by atoms with Crippen LogP contribution in [0.3, 0.4) is 0 Å². The van der Waals surface area contributed by atoms with Gasteiger partial charge >= 0.3 is 0 Å². The van der Waals surface area contributed by atoms with Crippen molar-refractivity contribution in [3.63, 3.8) is 0 Å². The predicted molar refractivity (Wildman–Crippen MR) is 73.8 cm³/mol. The Balaban J connectivity index is 1.95. The van der Waals surface area contributed by atoms with E-state index in [0.29, 0.717) is 5.69 Å². The first kappa shape index (κ1) is 13.1. The van der Waals surface area contributed by atoms with Gasteiger partial charge in [0.05, 0.1) is 30.3 Å². The van der Waals surface area contributed by atoms with E-state index in [-0.39, 0.29) is 6.10 Å². The SMILES string of the molecule is CCN1CCOC(CN(C)c2ccncc2N)C1. The van der Waals surface area contributed by atoms with Gasteiger partial charge in [-0.1, -0.05) is 6.92 Å². The van der Waals surface area contributed by atoms with Crippen LogP contribution in [0.1, 0.15) is 6.92 Å². The molecule has 0 saturated carbocycles. The van der Waals surface area contributed by atoms with Crippen molar-refractivity contribution in [3.05, 3.63) is 18.5 Å². The molecular weight excluding hydrogens is 228 g/mol. The number of ether oxygens (including phenoxy) is 1. The third-order valence-electron chi connectivity index (χ3n) is 3.39. The van der Waals surface area contributed by atoms with E-state index in [2.05, 4.69) is 21.7 Å². The van der Waals surface area contributed by atoms with E-state index in [1.165, 1.54) is 0 Å². The van der Waals surface area contributed by atoms with Crippen LogP contribution in [0.15, 0.2) is 18.5 Å². The summed E-state index contributed by atoms with van der Waals surface area (Å²) in [6.07, 6.45) is 3.70. The lowest BCUT2D eigenvalue weighted by Gasteiger charge is -2.34. The number of pyridine rings is 1. The second-order valence-electron chi connectivity index (χ2n) is 4.70. The molecular formula is C13H22N4O. The molecule has 1 aliphatic heterocycles. The van der Waals surface area contributed by atoms with Crippen molar-refractivity contribution in [2.45, 2.75) is 13.0 Å². The summed E-state index contributed by atoms with van der Waals surface area (Å²) in [5, 5.41) is 0. The molecule has 0 spiro atoms. The Kier molecular flexibility index (Phi) is 4.38. The smallest absolute Gasteiger partial charge is 0.0876 e. The van der Waals surface area contributed by atoms with Gasteiger partial charge in [-0.15, -0.1) is 0 Å². The number of likely N-dealkylation sites (N-methyl/N-ethyl adjacent to an activating group) is 2. The van der Waals surface area contributed by atoms with Crippen LogP contribution in [0.5, 0.6) is 0 Å². The molecule has 1 aromatic rings. The number of hydrogen-bond donors (Lipinski definition) is 1. The Bertz CT molecular complexity index is 385. The summed E-state index contributed by atoms with van der Waals surface area (Å²) >= 11 is 0. The van der Waals surface area contributed by atoms with Gasteiger partial charge in [0.25, 0.3) is 0 Å². The first-order valence-electron chi connectivity index (χ1n) is 6.45. The van der Waals surface area contributed by atoms with Crippen molar-refractivity contribution in [1.29, 1.82) is 0 Å². The minimum absolute atomic E-state index is 0.247. The van der Waals surface area contributed by atoms with Crippen molar-refractivity contribution in [1.82, 2.24) is 9.88 Å². The summed E-state index contributed by atoms with van der Waals surface area (Å²) in [6.45, 7) is 6.97. The molecule has 5 heteroatoms. The Morgan fingerprint density at radius 1 is 1.61 bits per heavy atom. The van der Waals surface area contributed by atoms with E-state index in [9.17, 15) is 0 Å². The van der Waals surface area contributed by atoms with Crippen LogP contribution in [-0.4, -0.2) is 55.8 Å². The van der Waals surface area contributed by atoms with Crippen molar-refractivity contribution in [2.75, 3.05) is 50.5 Å². The number of nitrogens with zero attached hydrogens (tertiary/aromatic N) is 3. The van der Waals surface area contributed by atoms with Gasteiger partial charge in [0.1, 0.15) is 0 Å². The Morgan fingerprint density at radius 2 is 2.44 bits per heavy atom. The highest BCUT2D eigenvalue weighted by molar-refractivity contribution is 5.65. The van der Waals surface area contributed by atoms with E-state index in [1.54, 1.807) is 12.4 Å². The number of hydrogen-bond acceptors (Lipinski definition) is 5. The molecule has 0 aliphatic carbocycles. The van der Waals surface area contributed by atoms with Gasteiger partial charge in [-0.2, -0.15) is 0 Å². The zero-order chi connectivity index (χ0) is 13.0. The van der Waals surface area contributed by atoms with E-state index in [0.717, 1.165) is 38.5 Å². The quantitative estimate of drug-likeness (QED) is 0.857. The number of morpholine rings is 1. The van der Waals surface area contributed by atoms with Crippen molar-refractivity contribution < 1.29 is 4.74 Å². The maximum absolute atomic E-state index is 5.92. The first-order valence-corrected chi connectivity index (χ1v) is 6.45. The molecule has 1 aliphatic rings. The molecule has 2 rings (SSSR count). The van der Waals surface area contributed by atoms with Gasteiger partial charge in [-0.25, -0.2) is 0 Å². The molecule has 2 heterocycles. The second kappa shape index (κ2) is 6.02. The highest BCUT2D eigenvalue weighted by Crippen LogP contribution is 2.20. The number of aromatic nitrogens is 1. The van der Waals surface area contributed by atoms with Gasteiger partial charge in [-0.05, 0) is 12.6 Å². The average molecular weight is 250 g/mol. The molecule has 1 saturated heterocycles. The molecule has 0 radical (unpaired) electrons. The lowest BCUT2D eigenvalue weighted by molar-refractivity contribution is -0.0216. The summed E-state index contributed by atoms with van der Waals surface area (Å²) in [5.74, 6) is 0. The molecule has 5 nitrogen and oxygen atoms in total. The van der Waals surface area contributed by atoms with Crippen LogP contribution < -0.4 is 10.6 Å². The fourth-order valence-electron chi connectivity index (χ4n) is 2.33. The zero-order valence-corrected chi connectivity index (χ0v) is 11.2. The molecule has 1 atom stereocenters. The van der Waals surface area contributed by atoms with Crippen LogP contribution in [0.4, 0.5) is 11.4 Å². The highest BCUT2D eigenvalue weighted by Gasteiger charge is 2.21. The van der Waals surface area contributed by atoms with Crippen LogP contribution >= 0.6 is 0 Å². The molecule has 100 valence electrons. The maximum Gasteiger partial charge on any atom is 0.0876 e. The summed E-state index contributed by atoms with van der Waals surface area (Å²) < 4.78 is 5.80. The third-order valence-corrected chi connectivity index (χ3v) is 3.39. The molecule has 0 aromatic carbocycles. The molecule has 1 unspecified atom stereocenters. The van der Waals surface area contributed by atoms with Gasteiger partial charge in [0.15, 0.2) is 0 Å². The lowest BCUT2D eigenvalue weighted by atomic mass is 10.2. The zero-order valence-electron chi connectivity index (χ0n) is 11.2. The third kappa shape index (κ3) is 3.11. The predicted octanol–water partition coefficient (Wildman–Crippen LogP) is 0.821. The van der Waals surface area contributed by atoms with Crippen LogP contribution in [0.2, 0.25) is 0 Å². The molecule has 0 bridgehead atoms. The lowest BCUT2D eigenvalue weighted by Crippen LogP contribution is -2.46. The summed E-state index contributed by atoms with van der Waals surface area (Å²) in [4.78, 5) is 8.56. The maximum atomic E-state index is 5.92. The van der Waals surface area contributed by atoms with Gasteiger partial charge in [0, 0.05) is 32.9 Å².